The Bertz CT molecular complexity index is 740. The lowest BCUT2D eigenvalue weighted by Gasteiger charge is -2.16. The van der Waals surface area contributed by atoms with Crippen molar-refractivity contribution < 1.29 is 14.3 Å². The summed E-state index contributed by atoms with van der Waals surface area (Å²) < 4.78 is 11.6. The third kappa shape index (κ3) is 5.79. The second kappa shape index (κ2) is 8.52. The van der Waals surface area contributed by atoms with E-state index < -0.39 is 0 Å². The molecule has 0 spiro atoms. The van der Waals surface area contributed by atoms with Crippen LogP contribution >= 0.6 is 0 Å². The number of hydrogen-bond donors (Lipinski definition) is 0. The molecule has 25 heavy (non-hydrogen) atoms. The fourth-order valence-corrected chi connectivity index (χ4v) is 2.33. The Kier molecular flexibility index (Phi) is 6.40. The summed E-state index contributed by atoms with van der Waals surface area (Å²) in [6, 6.07) is 13.2. The lowest BCUT2D eigenvalue weighted by molar-refractivity contribution is 0.104. The second-order valence-electron chi connectivity index (χ2n) is 6.60. The Morgan fingerprint density at radius 2 is 1.56 bits per heavy atom. The number of allylic oxidation sites excluding steroid dienone is 1. The van der Waals surface area contributed by atoms with Gasteiger partial charge in [-0.2, -0.15) is 0 Å². The molecule has 0 saturated heterocycles. The van der Waals surface area contributed by atoms with Gasteiger partial charge in [0.1, 0.15) is 11.5 Å². The van der Waals surface area contributed by atoms with Crippen LogP contribution in [0.3, 0.4) is 0 Å². The normalized spacial score (nSPS) is 11.3. The minimum Gasteiger partial charge on any atom is -0.491 e. The largest absolute Gasteiger partial charge is 0.491 e. The molecule has 0 atom stereocenters. The van der Waals surface area contributed by atoms with E-state index in [1.165, 1.54) is 0 Å². The summed E-state index contributed by atoms with van der Waals surface area (Å²) in [5, 5.41) is 0. The van der Waals surface area contributed by atoms with Crippen LogP contribution in [0.4, 0.5) is 0 Å². The lowest BCUT2D eigenvalue weighted by Crippen LogP contribution is -2.09. The molecular formula is C22H26O3. The van der Waals surface area contributed by atoms with E-state index >= 15 is 0 Å². The highest BCUT2D eigenvalue weighted by molar-refractivity contribution is 6.06. The quantitative estimate of drug-likeness (QED) is 0.496. The molecule has 0 bridgehead atoms. The molecular weight excluding hydrogens is 312 g/mol. The highest BCUT2D eigenvalue weighted by Crippen LogP contribution is 2.28. The fourth-order valence-electron chi connectivity index (χ4n) is 2.33. The van der Waals surface area contributed by atoms with E-state index in [0.29, 0.717) is 11.3 Å². The van der Waals surface area contributed by atoms with Gasteiger partial charge >= 0.3 is 0 Å². The first-order valence-corrected chi connectivity index (χ1v) is 8.61. The van der Waals surface area contributed by atoms with E-state index in [1.807, 2.05) is 77.1 Å². The van der Waals surface area contributed by atoms with E-state index in [9.17, 15) is 4.79 Å². The number of ether oxygens (including phenoxy) is 2. The summed E-state index contributed by atoms with van der Waals surface area (Å²) in [6.07, 6.45) is 3.50. The van der Waals surface area contributed by atoms with Crippen molar-refractivity contribution in [3.05, 3.63) is 65.2 Å². The molecule has 0 amide bonds. The standard InChI is InChI=1S/C22H26O3/c1-15(2)24-20-12-10-19(22(14-20)25-16(3)4)11-13-21(23)18-8-6-17(5)7-9-18/h6-16H,1-5H3/b13-11+. The highest BCUT2D eigenvalue weighted by Gasteiger charge is 2.08. The third-order valence-corrected chi connectivity index (χ3v) is 3.47. The number of hydrogen-bond acceptors (Lipinski definition) is 3. The molecule has 0 radical (unpaired) electrons. The van der Waals surface area contributed by atoms with Gasteiger partial charge in [-0.15, -0.1) is 0 Å². The maximum atomic E-state index is 12.3. The van der Waals surface area contributed by atoms with Gasteiger partial charge < -0.3 is 9.47 Å². The van der Waals surface area contributed by atoms with Crippen LogP contribution in [-0.2, 0) is 0 Å². The van der Waals surface area contributed by atoms with Crippen LogP contribution in [0.5, 0.6) is 11.5 Å². The van der Waals surface area contributed by atoms with Gasteiger partial charge in [-0.3, -0.25) is 4.79 Å². The molecule has 0 fully saturated rings. The number of ketones is 1. The Morgan fingerprint density at radius 3 is 2.16 bits per heavy atom. The van der Waals surface area contributed by atoms with Crippen LogP contribution in [0.1, 0.15) is 49.2 Å². The van der Waals surface area contributed by atoms with Crippen molar-refractivity contribution in [1.82, 2.24) is 0 Å². The molecule has 2 aromatic carbocycles. The first kappa shape index (κ1) is 18.8. The third-order valence-electron chi connectivity index (χ3n) is 3.47. The predicted octanol–water partition coefficient (Wildman–Crippen LogP) is 5.47. The SMILES string of the molecule is Cc1ccc(C(=O)/C=C/c2ccc(OC(C)C)cc2OC(C)C)cc1. The van der Waals surface area contributed by atoms with Crippen molar-refractivity contribution in [3.8, 4) is 11.5 Å². The maximum absolute atomic E-state index is 12.3. The molecule has 0 aliphatic carbocycles. The van der Waals surface area contributed by atoms with Gasteiger partial charge in [-0.1, -0.05) is 29.8 Å². The molecule has 0 aromatic heterocycles. The molecule has 2 aromatic rings. The van der Waals surface area contributed by atoms with Crippen molar-refractivity contribution in [2.24, 2.45) is 0 Å². The zero-order valence-electron chi connectivity index (χ0n) is 15.6. The summed E-state index contributed by atoms with van der Waals surface area (Å²) in [5.41, 5.74) is 2.66. The summed E-state index contributed by atoms with van der Waals surface area (Å²) in [6.45, 7) is 9.91. The minimum atomic E-state index is -0.0296. The highest BCUT2D eigenvalue weighted by atomic mass is 16.5. The number of carbonyl (C=O) groups excluding carboxylic acids is 1. The van der Waals surface area contributed by atoms with Gasteiger partial charge in [0.2, 0.25) is 0 Å². The van der Waals surface area contributed by atoms with E-state index in [4.69, 9.17) is 9.47 Å². The number of rotatable bonds is 7. The zero-order chi connectivity index (χ0) is 18.4. The molecule has 0 aliphatic heterocycles. The van der Waals surface area contributed by atoms with E-state index in [1.54, 1.807) is 12.2 Å². The smallest absolute Gasteiger partial charge is 0.185 e. The Morgan fingerprint density at radius 1 is 0.920 bits per heavy atom. The van der Waals surface area contributed by atoms with Gasteiger partial charge in [0.15, 0.2) is 5.78 Å². The maximum Gasteiger partial charge on any atom is 0.185 e. The van der Waals surface area contributed by atoms with Crippen molar-refractivity contribution >= 4 is 11.9 Å². The predicted molar refractivity (Wildman–Crippen MR) is 103 cm³/mol. The van der Waals surface area contributed by atoms with E-state index in [-0.39, 0.29) is 18.0 Å². The van der Waals surface area contributed by atoms with E-state index in [0.717, 1.165) is 16.9 Å². The van der Waals surface area contributed by atoms with Crippen LogP contribution in [0, 0.1) is 6.92 Å². The monoisotopic (exact) mass is 338 g/mol. The Labute approximate surface area is 150 Å². The van der Waals surface area contributed by atoms with E-state index in [2.05, 4.69) is 0 Å². The second-order valence-corrected chi connectivity index (χ2v) is 6.60. The van der Waals surface area contributed by atoms with Crippen molar-refractivity contribution in [2.45, 2.75) is 46.8 Å². The van der Waals surface area contributed by atoms with Crippen LogP contribution in [0.15, 0.2) is 48.5 Å². The van der Waals surface area contributed by atoms with Crippen molar-refractivity contribution in [1.29, 1.82) is 0 Å². The van der Waals surface area contributed by atoms with Crippen molar-refractivity contribution in [2.75, 3.05) is 0 Å². The summed E-state index contributed by atoms with van der Waals surface area (Å²) in [5.74, 6) is 1.44. The molecule has 0 unspecified atom stereocenters. The average Bonchev–Trinajstić information content (AvgIpc) is 2.53. The molecule has 0 saturated carbocycles. The zero-order valence-corrected chi connectivity index (χ0v) is 15.6. The first-order valence-electron chi connectivity index (χ1n) is 8.61. The Balaban J connectivity index is 2.24. The molecule has 3 heteroatoms. The van der Waals surface area contributed by atoms with Gasteiger partial charge in [0.25, 0.3) is 0 Å². The number of carbonyl (C=O) groups is 1. The first-order chi connectivity index (χ1) is 11.8. The van der Waals surface area contributed by atoms with Crippen LogP contribution < -0.4 is 9.47 Å². The number of aryl methyl sites for hydroxylation is 1. The van der Waals surface area contributed by atoms with Gasteiger partial charge in [-0.05, 0) is 58.9 Å². The lowest BCUT2D eigenvalue weighted by atomic mass is 10.1. The van der Waals surface area contributed by atoms with Gasteiger partial charge in [-0.25, -0.2) is 0 Å². The molecule has 0 aliphatic rings. The van der Waals surface area contributed by atoms with Crippen LogP contribution in [0.25, 0.3) is 6.08 Å². The van der Waals surface area contributed by atoms with Crippen LogP contribution in [0.2, 0.25) is 0 Å². The summed E-state index contributed by atoms with van der Waals surface area (Å²) in [7, 11) is 0. The summed E-state index contributed by atoms with van der Waals surface area (Å²) >= 11 is 0. The van der Waals surface area contributed by atoms with Crippen molar-refractivity contribution in [3.63, 3.8) is 0 Å². The summed E-state index contributed by atoms with van der Waals surface area (Å²) in [4.78, 5) is 12.3. The molecule has 3 nitrogen and oxygen atoms in total. The molecule has 132 valence electrons. The average molecular weight is 338 g/mol. The molecule has 2 rings (SSSR count). The minimum absolute atomic E-state index is 0.0296. The fraction of sp³-hybridized carbons (Fsp3) is 0.318. The molecule has 0 N–H and O–H groups in total. The number of benzene rings is 2. The van der Waals surface area contributed by atoms with Gasteiger partial charge in [0.05, 0.1) is 12.2 Å². The Hall–Kier alpha value is -2.55. The van der Waals surface area contributed by atoms with Gasteiger partial charge in [0, 0.05) is 17.2 Å². The molecule has 0 heterocycles. The van der Waals surface area contributed by atoms with Crippen LogP contribution in [-0.4, -0.2) is 18.0 Å². The topological polar surface area (TPSA) is 35.5 Å².